The average Bonchev–Trinajstić information content (AvgIpc) is 3.01. The van der Waals surface area contributed by atoms with Crippen molar-refractivity contribution in [3.05, 3.63) is 41.7 Å². The summed E-state index contributed by atoms with van der Waals surface area (Å²) >= 11 is 0. The van der Waals surface area contributed by atoms with Crippen LogP contribution in [0, 0.1) is 0 Å². The molecule has 0 unspecified atom stereocenters. The number of aryl methyl sites for hydroxylation is 1. The van der Waals surface area contributed by atoms with Gasteiger partial charge in [0.1, 0.15) is 18.3 Å². The zero-order chi connectivity index (χ0) is 18.7. The van der Waals surface area contributed by atoms with Gasteiger partial charge >= 0.3 is 0 Å². The maximum absolute atomic E-state index is 12.9. The normalized spacial score (nSPS) is 16.1. The van der Waals surface area contributed by atoms with Gasteiger partial charge in [0.05, 0.1) is 18.5 Å². The number of fused-ring (bicyclic) bond motifs is 1. The highest BCUT2D eigenvalue weighted by atomic mass is 16.5. The molecule has 3 rings (SSSR count). The van der Waals surface area contributed by atoms with Crippen LogP contribution in [0.1, 0.15) is 17.2 Å². The third-order valence-electron chi connectivity index (χ3n) is 4.33. The van der Waals surface area contributed by atoms with Crippen LogP contribution < -0.4 is 10.1 Å². The number of rotatable bonds is 5. The molecule has 0 aliphatic carbocycles. The lowest BCUT2D eigenvalue weighted by atomic mass is 9.95. The molecule has 8 heteroatoms. The molecule has 2 aromatic rings. The number of benzene rings is 1. The molecule has 8 nitrogen and oxygen atoms in total. The molecule has 26 heavy (non-hydrogen) atoms. The van der Waals surface area contributed by atoms with Crippen LogP contribution in [0.4, 0.5) is 5.69 Å². The van der Waals surface area contributed by atoms with Gasteiger partial charge < -0.3 is 19.7 Å². The molecule has 1 N–H and O–H groups in total. The standard InChI is InChI=1S/C18H22N4O4/c1-21-8-12-9-22(16(23)11-25-2)10-13(17(12)20-21)18(24)19-14-6-4-5-7-15(14)26-3/h4-8,13H,9-11H2,1-3H3,(H,19,24)/t13-/m1/s1. The minimum Gasteiger partial charge on any atom is -0.495 e. The Morgan fingerprint density at radius 3 is 2.81 bits per heavy atom. The fraction of sp³-hybridized carbons (Fsp3) is 0.389. The van der Waals surface area contributed by atoms with Gasteiger partial charge in [0, 0.05) is 39.0 Å². The van der Waals surface area contributed by atoms with Crippen molar-refractivity contribution in [1.29, 1.82) is 0 Å². The number of aromatic nitrogens is 2. The van der Waals surface area contributed by atoms with Crippen LogP contribution >= 0.6 is 0 Å². The number of hydrogen-bond acceptors (Lipinski definition) is 5. The number of carbonyl (C=O) groups excluding carboxylic acids is 2. The number of nitrogens with zero attached hydrogens (tertiary/aromatic N) is 3. The van der Waals surface area contributed by atoms with Crippen molar-refractivity contribution in [1.82, 2.24) is 14.7 Å². The summed E-state index contributed by atoms with van der Waals surface area (Å²) in [5, 5.41) is 7.32. The Labute approximate surface area is 151 Å². The van der Waals surface area contributed by atoms with Gasteiger partial charge in [-0.25, -0.2) is 0 Å². The molecule has 0 saturated heterocycles. The molecule has 138 valence electrons. The van der Waals surface area contributed by atoms with Gasteiger partial charge in [-0.05, 0) is 12.1 Å². The maximum atomic E-state index is 12.9. The summed E-state index contributed by atoms with van der Waals surface area (Å²) in [6.45, 7) is 0.660. The van der Waals surface area contributed by atoms with Crippen molar-refractivity contribution in [2.45, 2.75) is 12.5 Å². The Morgan fingerprint density at radius 1 is 1.31 bits per heavy atom. The Kier molecular flexibility index (Phi) is 5.22. The van der Waals surface area contributed by atoms with Crippen molar-refractivity contribution >= 4 is 17.5 Å². The van der Waals surface area contributed by atoms with Gasteiger partial charge in [-0.3, -0.25) is 14.3 Å². The van der Waals surface area contributed by atoms with E-state index in [4.69, 9.17) is 9.47 Å². The van der Waals surface area contributed by atoms with Crippen molar-refractivity contribution in [2.75, 3.05) is 32.7 Å². The Bertz CT molecular complexity index is 817. The molecule has 0 bridgehead atoms. The second-order valence-electron chi connectivity index (χ2n) is 6.16. The first-order valence-corrected chi connectivity index (χ1v) is 8.26. The molecule has 0 radical (unpaired) electrons. The van der Waals surface area contributed by atoms with Crippen molar-refractivity contribution < 1.29 is 19.1 Å². The fourth-order valence-electron chi connectivity index (χ4n) is 3.13. The topological polar surface area (TPSA) is 85.7 Å². The highest BCUT2D eigenvalue weighted by Crippen LogP contribution is 2.30. The van der Waals surface area contributed by atoms with E-state index in [0.717, 1.165) is 5.56 Å². The number of para-hydroxylation sites is 2. The summed E-state index contributed by atoms with van der Waals surface area (Å²) in [4.78, 5) is 26.8. The van der Waals surface area contributed by atoms with E-state index in [2.05, 4.69) is 10.4 Å². The summed E-state index contributed by atoms with van der Waals surface area (Å²) in [5.41, 5.74) is 2.14. The Hall–Kier alpha value is -2.87. The summed E-state index contributed by atoms with van der Waals surface area (Å²) < 4.78 is 11.9. The summed E-state index contributed by atoms with van der Waals surface area (Å²) in [6.07, 6.45) is 1.84. The first kappa shape index (κ1) is 17.9. The first-order chi connectivity index (χ1) is 12.5. The largest absolute Gasteiger partial charge is 0.495 e. The van der Waals surface area contributed by atoms with Gasteiger partial charge in [0.2, 0.25) is 11.8 Å². The fourth-order valence-corrected chi connectivity index (χ4v) is 3.13. The van der Waals surface area contributed by atoms with Crippen molar-refractivity contribution in [2.24, 2.45) is 7.05 Å². The molecule has 1 aliphatic rings. The highest BCUT2D eigenvalue weighted by Gasteiger charge is 2.35. The lowest BCUT2D eigenvalue weighted by Gasteiger charge is -2.31. The molecule has 2 heterocycles. The Balaban J connectivity index is 1.86. The van der Waals surface area contributed by atoms with E-state index < -0.39 is 5.92 Å². The summed E-state index contributed by atoms with van der Waals surface area (Å²) in [6, 6.07) is 7.19. The maximum Gasteiger partial charge on any atom is 0.248 e. The predicted molar refractivity (Wildman–Crippen MR) is 94.9 cm³/mol. The van der Waals surface area contributed by atoms with Gasteiger partial charge in [0.25, 0.3) is 0 Å². The third kappa shape index (κ3) is 3.55. The molecule has 1 aromatic heterocycles. The summed E-state index contributed by atoms with van der Waals surface area (Å²) in [5.74, 6) is -0.377. The lowest BCUT2D eigenvalue weighted by molar-refractivity contribution is -0.137. The molecule has 1 atom stereocenters. The first-order valence-electron chi connectivity index (χ1n) is 8.26. The Morgan fingerprint density at radius 2 is 2.08 bits per heavy atom. The van der Waals surface area contributed by atoms with E-state index >= 15 is 0 Å². The number of ether oxygens (including phenoxy) is 2. The summed E-state index contributed by atoms with van der Waals surface area (Å²) in [7, 11) is 4.83. The molecule has 0 fully saturated rings. The minimum absolute atomic E-state index is 0.0174. The lowest BCUT2D eigenvalue weighted by Crippen LogP contribution is -2.43. The van der Waals surface area contributed by atoms with Gasteiger partial charge in [-0.2, -0.15) is 5.10 Å². The van der Waals surface area contributed by atoms with E-state index in [1.54, 1.807) is 35.9 Å². The second kappa shape index (κ2) is 7.57. The van der Waals surface area contributed by atoms with Crippen molar-refractivity contribution in [3.8, 4) is 5.75 Å². The SMILES string of the molecule is COCC(=O)N1Cc2cn(C)nc2[C@H](C(=O)Nc2ccccc2OC)C1. The number of hydrogen-bond donors (Lipinski definition) is 1. The third-order valence-corrected chi connectivity index (χ3v) is 4.33. The molecular formula is C18H22N4O4. The van der Waals surface area contributed by atoms with Crippen LogP contribution in [-0.4, -0.2) is 53.9 Å². The van der Waals surface area contributed by atoms with Crippen LogP contribution in [0.15, 0.2) is 30.5 Å². The molecule has 0 saturated carbocycles. The van der Waals surface area contributed by atoms with E-state index in [1.807, 2.05) is 18.3 Å². The molecule has 1 aromatic carbocycles. The van der Waals surface area contributed by atoms with Crippen LogP contribution in [0.3, 0.4) is 0 Å². The molecule has 0 spiro atoms. The van der Waals surface area contributed by atoms with Crippen LogP contribution in [0.2, 0.25) is 0 Å². The van der Waals surface area contributed by atoms with Crippen molar-refractivity contribution in [3.63, 3.8) is 0 Å². The zero-order valence-electron chi connectivity index (χ0n) is 15.1. The molecule has 1 aliphatic heterocycles. The minimum atomic E-state index is -0.564. The number of methoxy groups -OCH3 is 2. The van der Waals surface area contributed by atoms with Crippen LogP contribution in [-0.2, 0) is 27.9 Å². The zero-order valence-corrected chi connectivity index (χ0v) is 15.1. The quantitative estimate of drug-likeness (QED) is 0.866. The van der Waals surface area contributed by atoms with E-state index in [9.17, 15) is 9.59 Å². The number of nitrogens with one attached hydrogen (secondary N) is 1. The monoisotopic (exact) mass is 358 g/mol. The number of amides is 2. The average molecular weight is 358 g/mol. The molecule has 2 amide bonds. The number of carbonyl (C=O) groups is 2. The predicted octanol–water partition coefficient (Wildman–Crippen LogP) is 1.14. The van der Waals surface area contributed by atoms with Gasteiger partial charge in [0.15, 0.2) is 0 Å². The molecular weight excluding hydrogens is 336 g/mol. The number of anilines is 1. The van der Waals surface area contributed by atoms with E-state index in [0.29, 0.717) is 23.7 Å². The van der Waals surface area contributed by atoms with Gasteiger partial charge in [-0.1, -0.05) is 12.1 Å². The highest BCUT2D eigenvalue weighted by molar-refractivity contribution is 5.97. The van der Waals surface area contributed by atoms with E-state index in [-0.39, 0.29) is 25.0 Å². The smallest absolute Gasteiger partial charge is 0.248 e. The second-order valence-corrected chi connectivity index (χ2v) is 6.16. The van der Waals surface area contributed by atoms with Crippen LogP contribution in [0.25, 0.3) is 0 Å². The van der Waals surface area contributed by atoms with Crippen LogP contribution in [0.5, 0.6) is 5.75 Å². The van der Waals surface area contributed by atoms with Gasteiger partial charge in [-0.15, -0.1) is 0 Å². The van der Waals surface area contributed by atoms with E-state index in [1.165, 1.54) is 7.11 Å².